The maximum atomic E-state index is 6.22. The van der Waals surface area contributed by atoms with Crippen LogP contribution in [0.15, 0.2) is 35.2 Å². The van der Waals surface area contributed by atoms with Crippen molar-refractivity contribution in [3.63, 3.8) is 0 Å². The quantitative estimate of drug-likeness (QED) is 0.808. The predicted molar refractivity (Wildman–Crippen MR) is 79.5 cm³/mol. The molecule has 0 spiro atoms. The lowest BCUT2D eigenvalue weighted by molar-refractivity contribution is 0.0298. The third-order valence-corrected chi connectivity index (χ3v) is 5.21. The molecule has 2 bridgehead atoms. The van der Waals surface area contributed by atoms with Crippen LogP contribution >= 0.6 is 11.8 Å². The largest absolute Gasteiger partial charge is 0.375 e. The molecular formula is C15H22N2OS. The van der Waals surface area contributed by atoms with Crippen molar-refractivity contribution in [3.8, 4) is 0 Å². The number of hydrogen-bond donors (Lipinski definition) is 1. The van der Waals surface area contributed by atoms with E-state index in [0.717, 1.165) is 31.9 Å². The average molecular weight is 278 g/mol. The first kappa shape index (κ1) is 13.4. The topological polar surface area (TPSA) is 38.5 Å². The predicted octanol–water partition coefficient (Wildman–Crippen LogP) is 1.97. The second-order valence-corrected chi connectivity index (χ2v) is 6.61. The number of rotatable bonds is 6. The van der Waals surface area contributed by atoms with Crippen LogP contribution in [0.25, 0.3) is 0 Å². The third kappa shape index (κ3) is 3.51. The van der Waals surface area contributed by atoms with Crippen molar-refractivity contribution in [1.82, 2.24) is 4.90 Å². The van der Waals surface area contributed by atoms with Crippen molar-refractivity contribution in [2.75, 3.05) is 25.4 Å². The lowest BCUT2D eigenvalue weighted by Gasteiger charge is -2.27. The van der Waals surface area contributed by atoms with Crippen molar-refractivity contribution >= 4 is 11.8 Å². The van der Waals surface area contributed by atoms with Gasteiger partial charge in [-0.2, -0.15) is 0 Å². The van der Waals surface area contributed by atoms with Crippen LogP contribution in [0.3, 0.4) is 0 Å². The van der Waals surface area contributed by atoms with Crippen LogP contribution in [0, 0.1) is 0 Å². The number of thioether (sulfide) groups is 1. The highest BCUT2D eigenvalue weighted by Gasteiger charge is 2.38. The summed E-state index contributed by atoms with van der Waals surface area (Å²) >= 11 is 1.86. The number of ether oxygens (including phenoxy) is 1. The lowest BCUT2D eigenvalue weighted by atomic mass is 10.2. The average Bonchev–Trinajstić information content (AvgIpc) is 3.06. The summed E-state index contributed by atoms with van der Waals surface area (Å²) in [7, 11) is 0. The molecule has 2 aliphatic rings. The minimum atomic E-state index is 0.283. The van der Waals surface area contributed by atoms with Gasteiger partial charge in [0, 0.05) is 35.8 Å². The zero-order valence-electron chi connectivity index (χ0n) is 11.2. The van der Waals surface area contributed by atoms with Gasteiger partial charge in [0.2, 0.25) is 0 Å². The van der Waals surface area contributed by atoms with Crippen LogP contribution < -0.4 is 5.73 Å². The first-order chi connectivity index (χ1) is 9.31. The molecule has 104 valence electrons. The second-order valence-electron chi connectivity index (χ2n) is 5.51. The molecule has 0 amide bonds. The molecule has 2 aliphatic heterocycles. The van der Waals surface area contributed by atoms with E-state index >= 15 is 0 Å². The number of nitrogens with zero attached hydrogens (tertiary/aromatic N) is 1. The molecule has 0 aliphatic carbocycles. The third-order valence-electron chi connectivity index (χ3n) is 4.01. The van der Waals surface area contributed by atoms with Gasteiger partial charge in [0.05, 0.1) is 12.7 Å². The fourth-order valence-corrected chi connectivity index (χ4v) is 3.81. The number of likely N-dealkylation sites (tertiary alicyclic amines) is 1. The summed E-state index contributed by atoms with van der Waals surface area (Å²) in [5.41, 5.74) is 6.22. The van der Waals surface area contributed by atoms with E-state index in [0.29, 0.717) is 12.1 Å². The van der Waals surface area contributed by atoms with E-state index < -0.39 is 0 Å². The van der Waals surface area contributed by atoms with Crippen LogP contribution in [-0.4, -0.2) is 48.5 Å². The summed E-state index contributed by atoms with van der Waals surface area (Å²) in [4.78, 5) is 3.87. The van der Waals surface area contributed by atoms with Crippen molar-refractivity contribution < 1.29 is 4.74 Å². The Morgan fingerprint density at radius 3 is 2.89 bits per heavy atom. The van der Waals surface area contributed by atoms with Crippen LogP contribution in [0.5, 0.6) is 0 Å². The number of benzene rings is 1. The number of nitrogens with two attached hydrogens (primary N) is 1. The van der Waals surface area contributed by atoms with Gasteiger partial charge < -0.3 is 10.5 Å². The van der Waals surface area contributed by atoms with Crippen LogP contribution in [0.2, 0.25) is 0 Å². The summed E-state index contributed by atoms with van der Waals surface area (Å²) in [6, 6.07) is 11.4. The summed E-state index contributed by atoms with van der Waals surface area (Å²) < 4.78 is 5.62. The van der Waals surface area contributed by atoms with Gasteiger partial charge >= 0.3 is 0 Å². The van der Waals surface area contributed by atoms with Gasteiger partial charge in [0.15, 0.2) is 0 Å². The molecule has 1 aromatic rings. The van der Waals surface area contributed by atoms with Gasteiger partial charge in [-0.25, -0.2) is 0 Å². The Kier molecular flexibility index (Phi) is 4.43. The number of morpholine rings is 1. The summed E-state index contributed by atoms with van der Waals surface area (Å²) in [6.07, 6.45) is 2.82. The van der Waals surface area contributed by atoms with Crippen molar-refractivity contribution in [1.29, 1.82) is 0 Å². The van der Waals surface area contributed by atoms with Gasteiger partial charge in [-0.05, 0) is 25.0 Å². The molecule has 3 atom stereocenters. The smallest absolute Gasteiger partial charge is 0.0718 e. The zero-order valence-corrected chi connectivity index (χ0v) is 12.0. The molecular weight excluding hydrogens is 256 g/mol. The fraction of sp³-hybridized carbons (Fsp3) is 0.600. The molecule has 0 unspecified atom stereocenters. The molecule has 1 aromatic carbocycles. The standard InChI is InChI=1S/C15H22N2OS/c16-12(11-19-15-4-2-1-3-5-15)6-7-17-9-14-8-13(17)10-18-14/h1-5,12-14H,6-11,16H2/t12-,13+,14+/m1/s1. The van der Waals surface area contributed by atoms with Crippen molar-refractivity contribution in [2.24, 2.45) is 5.73 Å². The summed E-state index contributed by atoms with van der Waals surface area (Å²) in [6.45, 7) is 3.17. The van der Waals surface area contributed by atoms with Crippen molar-refractivity contribution in [2.45, 2.75) is 35.9 Å². The van der Waals surface area contributed by atoms with Gasteiger partial charge in [-0.3, -0.25) is 4.90 Å². The SMILES string of the molecule is N[C@H](CCN1C[C@@H]2C[C@H]1CO2)CSc1ccccc1. The van der Waals surface area contributed by atoms with E-state index in [-0.39, 0.29) is 6.04 Å². The zero-order chi connectivity index (χ0) is 13.1. The van der Waals surface area contributed by atoms with Gasteiger partial charge in [0.1, 0.15) is 0 Å². The molecule has 2 N–H and O–H groups in total. The van der Waals surface area contributed by atoms with Gasteiger partial charge in [-0.15, -0.1) is 11.8 Å². The first-order valence-electron chi connectivity index (χ1n) is 7.10. The Labute approximate surface area is 119 Å². The normalized spacial score (nSPS) is 27.8. The first-order valence-corrected chi connectivity index (χ1v) is 8.09. The highest BCUT2D eigenvalue weighted by molar-refractivity contribution is 7.99. The van der Waals surface area contributed by atoms with E-state index in [1.54, 1.807) is 0 Å². The van der Waals surface area contributed by atoms with E-state index in [1.165, 1.54) is 11.3 Å². The fourth-order valence-electron chi connectivity index (χ4n) is 2.89. The van der Waals surface area contributed by atoms with Crippen molar-refractivity contribution in [3.05, 3.63) is 30.3 Å². The molecule has 0 radical (unpaired) electrons. The second kappa shape index (κ2) is 6.27. The minimum Gasteiger partial charge on any atom is -0.375 e. The van der Waals surface area contributed by atoms with Crippen LogP contribution in [0.1, 0.15) is 12.8 Å². The summed E-state index contributed by atoms with van der Waals surface area (Å²) in [5.74, 6) is 1.00. The van der Waals surface area contributed by atoms with E-state index in [4.69, 9.17) is 10.5 Å². The highest BCUT2D eigenvalue weighted by atomic mass is 32.2. The molecule has 0 saturated carbocycles. The van der Waals surface area contributed by atoms with Crippen LogP contribution in [0.4, 0.5) is 0 Å². The number of hydrogen-bond acceptors (Lipinski definition) is 4. The molecule has 4 heteroatoms. The lowest BCUT2D eigenvalue weighted by Crippen LogP contribution is -2.40. The summed E-state index contributed by atoms with van der Waals surface area (Å²) in [5, 5.41) is 0. The van der Waals surface area contributed by atoms with E-state index in [2.05, 4.69) is 35.2 Å². The molecule has 3 rings (SSSR count). The maximum Gasteiger partial charge on any atom is 0.0718 e. The minimum absolute atomic E-state index is 0.283. The van der Waals surface area contributed by atoms with E-state index in [9.17, 15) is 0 Å². The Morgan fingerprint density at radius 2 is 2.21 bits per heavy atom. The molecule has 2 saturated heterocycles. The number of fused-ring (bicyclic) bond motifs is 2. The maximum absolute atomic E-state index is 6.22. The molecule has 3 nitrogen and oxygen atoms in total. The molecule has 2 heterocycles. The monoisotopic (exact) mass is 278 g/mol. The molecule has 2 fully saturated rings. The molecule has 19 heavy (non-hydrogen) atoms. The Hall–Kier alpha value is -0.550. The van der Waals surface area contributed by atoms with E-state index in [1.807, 2.05) is 11.8 Å². The Balaban J connectivity index is 1.36. The molecule has 0 aromatic heterocycles. The Morgan fingerprint density at radius 1 is 1.37 bits per heavy atom. The highest BCUT2D eigenvalue weighted by Crippen LogP contribution is 2.28. The van der Waals surface area contributed by atoms with Gasteiger partial charge in [-0.1, -0.05) is 18.2 Å². The van der Waals surface area contributed by atoms with Crippen LogP contribution in [-0.2, 0) is 4.74 Å². The van der Waals surface area contributed by atoms with Gasteiger partial charge in [0.25, 0.3) is 0 Å². The Bertz CT molecular complexity index is 400.